The number of ether oxygens (including phenoxy) is 3. The molecule has 0 spiro atoms. The van der Waals surface area contributed by atoms with E-state index >= 15 is 0 Å². The van der Waals surface area contributed by atoms with E-state index in [0.717, 1.165) is 5.56 Å². The molecule has 29 heavy (non-hydrogen) atoms. The predicted molar refractivity (Wildman–Crippen MR) is 113 cm³/mol. The first-order valence-electron chi connectivity index (χ1n) is 9.77. The minimum Gasteiger partial charge on any atom is -0.492 e. The smallest absolute Gasteiger partial charge is 0.344 e. The molecule has 2 rings (SSSR count). The Morgan fingerprint density at radius 3 is 2.41 bits per heavy atom. The SMILES string of the molecule is CCOc1ccccc1NC(=O)[C@@H](C)OC(=O)COc1ccc(C(C)C)c(C)c1. The average Bonchev–Trinajstić information content (AvgIpc) is 2.67. The van der Waals surface area contributed by atoms with Crippen molar-refractivity contribution >= 4 is 17.6 Å². The van der Waals surface area contributed by atoms with E-state index in [9.17, 15) is 9.59 Å². The number of hydrogen-bond acceptors (Lipinski definition) is 5. The highest BCUT2D eigenvalue weighted by Crippen LogP contribution is 2.24. The van der Waals surface area contributed by atoms with Gasteiger partial charge in [-0.3, -0.25) is 4.79 Å². The highest BCUT2D eigenvalue weighted by atomic mass is 16.6. The van der Waals surface area contributed by atoms with E-state index in [2.05, 4.69) is 19.2 Å². The second-order valence-electron chi connectivity index (χ2n) is 7.01. The average molecular weight is 399 g/mol. The maximum atomic E-state index is 12.3. The molecule has 0 radical (unpaired) electrons. The van der Waals surface area contributed by atoms with E-state index in [-0.39, 0.29) is 6.61 Å². The van der Waals surface area contributed by atoms with Crippen molar-refractivity contribution in [1.82, 2.24) is 0 Å². The van der Waals surface area contributed by atoms with Gasteiger partial charge in [-0.25, -0.2) is 4.79 Å². The molecule has 2 aromatic carbocycles. The van der Waals surface area contributed by atoms with Crippen LogP contribution < -0.4 is 14.8 Å². The monoisotopic (exact) mass is 399 g/mol. The van der Waals surface area contributed by atoms with E-state index in [1.54, 1.807) is 18.2 Å². The molecule has 6 nitrogen and oxygen atoms in total. The molecule has 0 aromatic heterocycles. The third-order valence-electron chi connectivity index (χ3n) is 4.34. The maximum absolute atomic E-state index is 12.3. The van der Waals surface area contributed by atoms with Crippen molar-refractivity contribution < 1.29 is 23.8 Å². The van der Waals surface area contributed by atoms with Crippen molar-refractivity contribution in [3.8, 4) is 11.5 Å². The minimum absolute atomic E-state index is 0.270. The van der Waals surface area contributed by atoms with Crippen molar-refractivity contribution in [2.24, 2.45) is 0 Å². The van der Waals surface area contributed by atoms with Gasteiger partial charge in [-0.2, -0.15) is 0 Å². The van der Waals surface area contributed by atoms with Crippen LogP contribution in [0, 0.1) is 6.92 Å². The first kappa shape index (κ1) is 22.3. The third kappa shape index (κ3) is 6.52. The van der Waals surface area contributed by atoms with Crippen LogP contribution in [0.25, 0.3) is 0 Å². The van der Waals surface area contributed by atoms with Crippen LogP contribution in [0.1, 0.15) is 44.7 Å². The quantitative estimate of drug-likeness (QED) is 0.630. The zero-order valence-corrected chi connectivity index (χ0v) is 17.7. The van der Waals surface area contributed by atoms with Crippen LogP contribution in [0.3, 0.4) is 0 Å². The molecule has 1 N–H and O–H groups in total. The summed E-state index contributed by atoms with van der Waals surface area (Å²) in [6.07, 6.45) is -0.967. The lowest BCUT2D eigenvalue weighted by Gasteiger charge is -2.16. The van der Waals surface area contributed by atoms with Crippen molar-refractivity contribution in [2.75, 3.05) is 18.5 Å². The second kappa shape index (κ2) is 10.5. The Labute approximate surface area is 172 Å². The number of amides is 1. The van der Waals surface area contributed by atoms with Crippen molar-refractivity contribution in [3.63, 3.8) is 0 Å². The van der Waals surface area contributed by atoms with Gasteiger partial charge in [0.2, 0.25) is 0 Å². The first-order chi connectivity index (χ1) is 13.8. The number of rotatable bonds is 9. The first-order valence-corrected chi connectivity index (χ1v) is 9.77. The van der Waals surface area contributed by atoms with Crippen LogP contribution in [0.15, 0.2) is 42.5 Å². The fourth-order valence-corrected chi connectivity index (χ4v) is 2.90. The highest BCUT2D eigenvalue weighted by molar-refractivity contribution is 5.96. The molecule has 0 bridgehead atoms. The van der Waals surface area contributed by atoms with Gasteiger partial charge in [0.05, 0.1) is 12.3 Å². The molecule has 1 atom stereocenters. The molecule has 0 aliphatic heterocycles. The Bertz CT molecular complexity index is 847. The molecule has 0 saturated heterocycles. The van der Waals surface area contributed by atoms with Crippen LogP contribution in [-0.2, 0) is 14.3 Å². The normalized spacial score (nSPS) is 11.7. The maximum Gasteiger partial charge on any atom is 0.344 e. The number of nitrogens with one attached hydrogen (secondary N) is 1. The Balaban J connectivity index is 1.87. The number of carbonyl (C=O) groups excluding carboxylic acids is 2. The van der Waals surface area contributed by atoms with Crippen molar-refractivity contribution in [3.05, 3.63) is 53.6 Å². The van der Waals surface area contributed by atoms with Gasteiger partial charge in [-0.1, -0.05) is 32.0 Å². The summed E-state index contributed by atoms with van der Waals surface area (Å²) < 4.78 is 16.2. The molecule has 1 amide bonds. The van der Waals surface area contributed by atoms with Gasteiger partial charge < -0.3 is 19.5 Å². The van der Waals surface area contributed by atoms with E-state index in [0.29, 0.717) is 29.7 Å². The van der Waals surface area contributed by atoms with E-state index in [4.69, 9.17) is 14.2 Å². The van der Waals surface area contributed by atoms with E-state index in [1.165, 1.54) is 12.5 Å². The van der Waals surface area contributed by atoms with Crippen LogP contribution >= 0.6 is 0 Å². The van der Waals surface area contributed by atoms with E-state index < -0.39 is 18.0 Å². The van der Waals surface area contributed by atoms with Gasteiger partial charge in [0.15, 0.2) is 12.7 Å². The fraction of sp³-hybridized carbons (Fsp3) is 0.391. The van der Waals surface area contributed by atoms with Gasteiger partial charge in [0.1, 0.15) is 11.5 Å². The van der Waals surface area contributed by atoms with Gasteiger partial charge in [-0.05, 0) is 62.1 Å². The lowest BCUT2D eigenvalue weighted by atomic mass is 9.98. The molecule has 0 aliphatic rings. The zero-order chi connectivity index (χ0) is 21.4. The number of hydrogen-bond donors (Lipinski definition) is 1. The lowest BCUT2D eigenvalue weighted by molar-refractivity contribution is -0.155. The zero-order valence-electron chi connectivity index (χ0n) is 17.7. The van der Waals surface area contributed by atoms with Crippen LogP contribution in [-0.4, -0.2) is 31.2 Å². The molecule has 2 aromatic rings. The summed E-state index contributed by atoms with van der Waals surface area (Å²) in [4.78, 5) is 24.4. The molecule has 6 heteroatoms. The third-order valence-corrected chi connectivity index (χ3v) is 4.34. The molecule has 0 aliphatic carbocycles. The van der Waals surface area contributed by atoms with Gasteiger partial charge in [0.25, 0.3) is 5.91 Å². The number of aryl methyl sites for hydroxylation is 1. The lowest BCUT2D eigenvalue weighted by Crippen LogP contribution is -2.31. The molecule has 0 fully saturated rings. The molecular formula is C23H29NO5. The number of anilines is 1. The predicted octanol–water partition coefficient (Wildman–Crippen LogP) is 4.47. The van der Waals surface area contributed by atoms with Gasteiger partial charge in [-0.15, -0.1) is 0 Å². The van der Waals surface area contributed by atoms with Gasteiger partial charge in [0, 0.05) is 0 Å². The van der Waals surface area contributed by atoms with E-state index in [1.807, 2.05) is 38.1 Å². The molecule has 0 unspecified atom stereocenters. The highest BCUT2D eigenvalue weighted by Gasteiger charge is 2.19. The summed E-state index contributed by atoms with van der Waals surface area (Å²) >= 11 is 0. The minimum atomic E-state index is -0.967. The number of para-hydroxylation sites is 2. The van der Waals surface area contributed by atoms with Crippen molar-refractivity contribution in [2.45, 2.75) is 46.6 Å². The number of benzene rings is 2. The number of esters is 1. The summed E-state index contributed by atoms with van der Waals surface area (Å²) in [6, 6.07) is 12.8. The summed E-state index contributed by atoms with van der Waals surface area (Å²) in [5.74, 6) is 0.511. The Morgan fingerprint density at radius 2 is 1.76 bits per heavy atom. The largest absolute Gasteiger partial charge is 0.492 e. The molecule has 0 heterocycles. The Morgan fingerprint density at radius 1 is 1.03 bits per heavy atom. The Hall–Kier alpha value is -3.02. The standard InChI is InChI=1S/C23H29NO5/c1-6-27-21-10-8-7-9-20(21)24-23(26)17(5)29-22(25)14-28-18-11-12-19(15(2)3)16(4)13-18/h7-13,15,17H,6,14H2,1-5H3,(H,24,26)/t17-/m1/s1. The number of carbonyl (C=O) groups is 2. The fourth-order valence-electron chi connectivity index (χ4n) is 2.90. The summed E-state index contributed by atoms with van der Waals surface area (Å²) in [6.45, 7) is 9.84. The molecular weight excluding hydrogens is 370 g/mol. The topological polar surface area (TPSA) is 73.9 Å². The summed E-state index contributed by atoms with van der Waals surface area (Å²) in [5.41, 5.74) is 2.86. The van der Waals surface area contributed by atoms with Crippen LogP contribution in [0.2, 0.25) is 0 Å². The summed E-state index contributed by atoms with van der Waals surface area (Å²) in [5, 5.41) is 2.72. The summed E-state index contributed by atoms with van der Waals surface area (Å²) in [7, 11) is 0. The Kier molecular flexibility index (Phi) is 8.07. The second-order valence-corrected chi connectivity index (χ2v) is 7.01. The molecule has 156 valence electrons. The van der Waals surface area contributed by atoms with Gasteiger partial charge >= 0.3 is 5.97 Å². The molecule has 0 saturated carbocycles. The van der Waals surface area contributed by atoms with Crippen LogP contribution in [0.4, 0.5) is 5.69 Å². The van der Waals surface area contributed by atoms with Crippen LogP contribution in [0.5, 0.6) is 11.5 Å². The van der Waals surface area contributed by atoms with Crippen molar-refractivity contribution in [1.29, 1.82) is 0 Å².